The zero-order valence-corrected chi connectivity index (χ0v) is 8.28. The van der Waals surface area contributed by atoms with Gasteiger partial charge in [0.1, 0.15) is 5.75 Å². The molecule has 0 unspecified atom stereocenters. The van der Waals surface area contributed by atoms with Crippen molar-refractivity contribution < 1.29 is 5.11 Å². The lowest BCUT2D eigenvalue weighted by atomic mass is 10.1. The van der Waals surface area contributed by atoms with Crippen LogP contribution in [-0.4, -0.2) is 5.11 Å². The third-order valence-corrected chi connectivity index (χ3v) is 4.50. The highest BCUT2D eigenvalue weighted by atomic mass is 33.1. The molecule has 0 spiro atoms. The second kappa shape index (κ2) is 2.59. The van der Waals surface area contributed by atoms with Crippen LogP contribution in [0.4, 0.5) is 0 Å². The normalized spacial score (nSPS) is 13.8. The second-order valence-corrected chi connectivity index (χ2v) is 5.24. The first-order valence-electron chi connectivity index (χ1n) is 3.94. The van der Waals surface area contributed by atoms with Crippen LogP contribution in [0.1, 0.15) is 0 Å². The molecule has 1 aliphatic rings. The Morgan fingerprint density at radius 2 is 1.92 bits per heavy atom. The second-order valence-electron chi connectivity index (χ2n) is 2.99. The van der Waals surface area contributed by atoms with Crippen molar-refractivity contribution in [2.24, 2.45) is 0 Å². The van der Waals surface area contributed by atoms with E-state index in [9.17, 15) is 5.11 Å². The van der Waals surface area contributed by atoms with Gasteiger partial charge in [-0.3, -0.25) is 0 Å². The smallest absolute Gasteiger partial charge is 0.116 e. The number of hydrogen-bond acceptors (Lipinski definition) is 3. The fraction of sp³-hybridized carbons (Fsp3) is 0. The number of hydrogen-bond donors (Lipinski definition) is 1. The Bertz CT molecular complexity index is 493. The Balaban J connectivity index is 2.47. The van der Waals surface area contributed by atoms with Crippen molar-refractivity contribution in [2.75, 3.05) is 0 Å². The Labute approximate surface area is 83.5 Å². The van der Waals surface area contributed by atoms with E-state index in [1.165, 1.54) is 15.2 Å². The Morgan fingerprint density at radius 3 is 2.85 bits per heavy atom. The Morgan fingerprint density at radius 1 is 1.00 bits per heavy atom. The molecule has 0 aromatic heterocycles. The van der Waals surface area contributed by atoms with Crippen LogP contribution in [0.5, 0.6) is 5.75 Å². The van der Waals surface area contributed by atoms with Gasteiger partial charge >= 0.3 is 0 Å². The van der Waals surface area contributed by atoms with Gasteiger partial charge in [0.15, 0.2) is 0 Å². The van der Waals surface area contributed by atoms with Gasteiger partial charge in [-0.05, 0) is 35.0 Å². The van der Waals surface area contributed by atoms with Gasteiger partial charge < -0.3 is 5.11 Å². The lowest BCUT2D eigenvalue weighted by molar-refractivity contribution is 0.476. The zero-order chi connectivity index (χ0) is 8.84. The van der Waals surface area contributed by atoms with Crippen LogP contribution < -0.4 is 0 Å². The Hall–Kier alpha value is -0.800. The first kappa shape index (κ1) is 7.59. The van der Waals surface area contributed by atoms with E-state index in [1.54, 1.807) is 27.7 Å². The molecule has 0 saturated carbocycles. The third-order valence-electron chi connectivity index (χ3n) is 2.10. The van der Waals surface area contributed by atoms with Crippen LogP contribution in [-0.2, 0) is 0 Å². The van der Waals surface area contributed by atoms with Gasteiger partial charge in [0.05, 0.1) is 0 Å². The fourth-order valence-corrected chi connectivity index (χ4v) is 3.80. The highest BCUT2D eigenvalue weighted by molar-refractivity contribution is 8.77. The predicted molar refractivity (Wildman–Crippen MR) is 57.3 cm³/mol. The van der Waals surface area contributed by atoms with E-state index >= 15 is 0 Å². The molecule has 2 bridgehead atoms. The van der Waals surface area contributed by atoms with Gasteiger partial charge in [-0.2, -0.15) is 0 Å². The van der Waals surface area contributed by atoms with Crippen LogP contribution in [0.2, 0.25) is 0 Å². The summed E-state index contributed by atoms with van der Waals surface area (Å²) in [6, 6.07) is 9.84. The summed E-state index contributed by atoms with van der Waals surface area (Å²) in [5.41, 5.74) is 0. The minimum Gasteiger partial charge on any atom is -0.508 e. The molecular weight excluding hydrogens is 200 g/mol. The number of aromatic hydroxyl groups is 1. The van der Waals surface area contributed by atoms with E-state index < -0.39 is 0 Å². The summed E-state index contributed by atoms with van der Waals surface area (Å²) < 4.78 is 0. The van der Waals surface area contributed by atoms with Crippen LogP contribution >= 0.6 is 21.6 Å². The Kier molecular flexibility index (Phi) is 1.51. The zero-order valence-electron chi connectivity index (χ0n) is 6.65. The van der Waals surface area contributed by atoms with Crippen LogP contribution in [0.3, 0.4) is 0 Å². The maximum absolute atomic E-state index is 9.35. The van der Waals surface area contributed by atoms with E-state index in [4.69, 9.17) is 0 Å². The maximum Gasteiger partial charge on any atom is 0.116 e. The summed E-state index contributed by atoms with van der Waals surface area (Å²) in [6.07, 6.45) is 0. The number of benzene rings is 2. The van der Waals surface area contributed by atoms with Crippen molar-refractivity contribution in [1.29, 1.82) is 0 Å². The van der Waals surface area contributed by atoms with E-state index in [0.29, 0.717) is 5.75 Å². The van der Waals surface area contributed by atoms with E-state index in [1.807, 2.05) is 12.1 Å². The minimum absolute atomic E-state index is 0.342. The molecule has 2 aromatic rings. The molecule has 0 saturated heterocycles. The molecule has 2 aromatic carbocycles. The van der Waals surface area contributed by atoms with Crippen LogP contribution in [0.15, 0.2) is 40.1 Å². The van der Waals surface area contributed by atoms with Crippen molar-refractivity contribution in [3.8, 4) is 5.75 Å². The first-order valence-corrected chi connectivity index (χ1v) is 6.09. The van der Waals surface area contributed by atoms with Gasteiger partial charge in [0, 0.05) is 9.79 Å². The summed E-state index contributed by atoms with van der Waals surface area (Å²) in [5.74, 6) is 0.342. The lowest BCUT2D eigenvalue weighted by Gasteiger charge is -1.99. The molecule has 64 valence electrons. The topological polar surface area (TPSA) is 20.2 Å². The molecule has 3 rings (SSSR count). The van der Waals surface area contributed by atoms with Gasteiger partial charge in [0.25, 0.3) is 0 Å². The molecule has 1 heterocycles. The maximum atomic E-state index is 9.35. The molecule has 0 aliphatic carbocycles. The monoisotopic (exact) mass is 206 g/mol. The van der Waals surface area contributed by atoms with Crippen molar-refractivity contribution in [3.63, 3.8) is 0 Å². The molecule has 13 heavy (non-hydrogen) atoms. The summed E-state index contributed by atoms with van der Waals surface area (Å²) in [5, 5.41) is 11.7. The first-order chi connectivity index (χ1) is 6.33. The lowest BCUT2D eigenvalue weighted by Crippen LogP contribution is -1.73. The summed E-state index contributed by atoms with van der Waals surface area (Å²) in [7, 11) is 3.54. The number of phenolic OH excluding ortho intramolecular Hbond substituents is 1. The van der Waals surface area contributed by atoms with E-state index in [2.05, 4.69) is 12.1 Å². The average molecular weight is 206 g/mol. The molecule has 0 fully saturated rings. The highest BCUT2D eigenvalue weighted by Crippen LogP contribution is 2.49. The van der Waals surface area contributed by atoms with Crippen molar-refractivity contribution in [1.82, 2.24) is 0 Å². The summed E-state index contributed by atoms with van der Waals surface area (Å²) in [6.45, 7) is 0. The van der Waals surface area contributed by atoms with E-state index in [-0.39, 0.29) is 0 Å². The molecule has 1 nitrogen and oxygen atoms in total. The summed E-state index contributed by atoms with van der Waals surface area (Å²) in [4.78, 5) is 2.56. The quantitative estimate of drug-likeness (QED) is 0.664. The van der Waals surface area contributed by atoms with Crippen molar-refractivity contribution in [3.05, 3.63) is 30.3 Å². The molecule has 3 heteroatoms. The average Bonchev–Trinajstić information content (AvgIpc) is 2.51. The highest BCUT2D eigenvalue weighted by Gasteiger charge is 2.12. The van der Waals surface area contributed by atoms with Gasteiger partial charge in [-0.15, -0.1) is 0 Å². The molecule has 1 aliphatic heterocycles. The van der Waals surface area contributed by atoms with Crippen LogP contribution in [0.25, 0.3) is 10.8 Å². The van der Waals surface area contributed by atoms with Gasteiger partial charge in [0.2, 0.25) is 0 Å². The standard InChI is InChI=1S/C10H6OS2/c11-7-2-1-6-3-8-5-10(13-12-8)9(6)4-7/h1-5,11H. The number of fused-ring (bicyclic) bond motifs is 4. The third kappa shape index (κ3) is 1.11. The van der Waals surface area contributed by atoms with Crippen molar-refractivity contribution in [2.45, 2.75) is 9.79 Å². The summed E-state index contributed by atoms with van der Waals surface area (Å²) >= 11 is 0. The minimum atomic E-state index is 0.342. The fourth-order valence-electron chi connectivity index (χ4n) is 1.50. The molecule has 1 N–H and O–H groups in total. The van der Waals surface area contributed by atoms with Crippen molar-refractivity contribution >= 4 is 32.4 Å². The van der Waals surface area contributed by atoms with E-state index in [0.717, 1.165) is 5.39 Å². The predicted octanol–water partition coefficient (Wildman–Crippen LogP) is 3.66. The largest absolute Gasteiger partial charge is 0.508 e. The molecule has 0 amide bonds. The molecular formula is C10H6OS2. The number of phenols is 1. The SMILES string of the molecule is Oc1ccc2cc3cc(c2c1)SS3. The van der Waals surface area contributed by atoms with Crippen LogP contribution in [0, 0.1) is 0 Å². The number of rotatable bonds is 0. The molecule has 0 atom stereocenters. The van der Waals surface area contributed by atoms with Gasteiger partial charge in [-0.1, -0.05) is 27.7 Å². The van der Waals surface area contributed by atoms with Gasteiger partial charge in [-0.25, -0.2) is 0 Å². The molecule has 0 radical (unpaired) electrons.